The van der Waals surface area contributed by atoms with Gasteiger partial charge in [0, 0.05) is 12.5 Å². The number of carbonyl (C=O) groups excluding carboxylic acids is 1. The quantitative estimate of drug-likeness (QED) is 0.728. The molecule has 17 heavy (non-hydrogen) atoms. The molecular weight excluding hydrogens is 242 g/mol. The van der Waals surface area contributed by atoms with Gasteiger partial charge in [-0.15, -0.1) is 0 Å². The molecule has 1 aliphatic heterocycles. The van der Waals surface area contributed by atoms with Crippen LogP contribution in [-0.2, 0) is 19.1 Å². The number of ketones is 1. The first-order valence-corrected chi connectivity index (χ1v) is 7.79. The highest BCUT2D eigenvalue weighted by molar-refractivity contribution is 7.87. The summed E-state index contributed by atoms with van der Waals surface area (Å²) in [6, 6.07) is 0. The third kappa shape index (κ3) is 3.76. The minimum atomic E-state index is -3.69. The van der Waals surface area contributed by atoms with Gasteiger partial charge in [-0.1, -0.05) is 12.8 Å². The van der Waals surface area contributed by atoms with Crippen molar-refractivity contribution in [3.05, 3.63) is 0 Å². The van der Waals surface area contributed by atoms with E-state index in [0.717, 1.165) is 32.2 Å². The summed E-state index contributed by atoms with van der Waals surface area (Å²) in [6.07, 6.45) is 4.12. The molecule has 0 radical (unpaired) electrons. The summed E-state index contributed by atoms with van der Waals surface area (Å²) in [5.74, 6) is -0.683. The second-order valence-corrected chi connectivity index (χ2v) is 6.46. The summed E-state index contributed by atoms with van der Waals surface area (Å²) in [5, 5.41) is 3.03. The van der Waals surface area contributed by atoms with Crippen LogP contribution >= 0.6 is 0 Å². The Hall–Kier alpha value is -0.460. The molecule has 5 nitrogen and oxygen atoms in total. The molecule has 1 atom stereocenters. The second-order valence-electron chi connectivity index (χ2n) is 4.86. The number of hydrogen-bond acceptors (Lipinski definition) is 5. The minimum absolute atomic E-state index is 0.0601. The molecular formula is C11H19NO4S. The van der Waals surface area contributed by atoms with Crippen molar-refractivity contribution >= 4 is 15.9 Å². The third-order valence-corrected chi connectivity index (χ3v) is 4.63. The summed E-state index contributed by atoms with van der Waals surface area (Å²) < 4.78 is 28.4. The van der Waals surface area contributed by atoms with Crippen molar-refractivity contribution < 1.29 is 17.4 Å². The van der Waals surface area contributed by atoms with Gasteiger partial charge in [-0.3, -0.25) is 8.98 Å². The monoisotopic (exact) mass is 261 g/mol. The van der Waals surface area contributed by atoms with Gasteiger partial charge in [0.1, 0.15) is 5.75 Å². The molecule has 1 aliphatic carbocycles. The lowest BCUT2D eigenvalue weighted by Crippen LogP contribution is -2.28. The third-order valence-electron chi connectivity index (χ3n) is 3.43. The first-order valence-electron chi connectivity index (χ1n) is 6.21. The van der Waals surface area contributed by atoms with Gasteiger partial charge >= 0.3 is 0 Å². The van der Waals surface area contributed by atoms with Crippen LogP contribution in [0.25, 0.3) is 0 Å². The van der Waals surface area contributed by atoms with Crippen molar-refractivity contribution in [1.29, 1.82) is 0 Å². The average Bonchev–Trinajstić information content (AvgIpc) is 2.85. The van der Waals surface area contributed by atoms with E-state index in [0.29, 0.717) is 13.0 Å². The normalized spacial score (nSPS) is 26.5. The molecule has 6 heteroatoms. The van der Waals surface area contributed by atoms with Gasteiger partial charge < -0.3 is 5.32 Å². The fourth-order valence-electron chi connectivity index (χ4n) is 2.49. The first-order chi connectivity index (χ1) is 8.07. The number of carbonyl (C=O) groups is 1. The van der Waals surface area contributed by atoms with E-state index in [9.17, 15) is 13.2 Å². The van der Waals surface area contributed by atoms with Crippen LogP contribution in [0.5, 0.6) is 0 Å². The highest BCUT2D eigenvalue weighted by Crippen LogP contribution is 2.26. The van der Waals surface area contributed by atoms with Crippen molar-refractivity contribution in [3.8, 4) is 0 Å². The standard InChI is InChI=1S/C11H19NO4S/c13-11(9-3-1-2-4-9)8-17(14,15)16-10-5-6-12-7-10/h9-10,12H,1-8H2/t10-/m1/s1. The average molecular weight is 261 g/mol. The second kappa shape index (κ2) is 5.46. The van der Waals surface area contributed by atoms with E-state index in [1.165, 1.54) is 0 Å². The van der Waals surface area contributed by atoms with Crippen molar-refractivity contribution in [2.24, 2.45) is 5.92 Å². The Balaban J connectivity index is 1.85. The van der Waals surface area contributed by atoms with Crippen LogP contribution in [0.1, 0.15) is 32.1 Å². The van der Waals surface area contributed by atoms with Gasteiger partial charge in [0.2, 0.25) is 0 Å². The zero-order valence-electron chi connectivity index (χ0n) is 9.85. The van der Waals surface area contributed by atoms with Gasteiger partial charge in [0.15, 0.2) is 5.78 Å². The maximum absolute atomic E-state index is 11.8. The summed E-state index contributed by atoms with van der Waals surface area (Å²) in [7, 11) is -3.69. The molecule has 1 saturated carbocycles. The zero-order chi connectivity index (χ0) is 12.3. The summed E-state index contributed by atoms with van der Waals surface area (Å²) >= 11 is 0. The topological polar surface area (TPSA) is 72.5 Å². The molecule has 98 valence electrons. The van der Waals surface area contributed by atoms with Crippen molar-refractivity contribution in [2.45, 2.75) is 38.2 Å². The van der Waals surface area contributed by atoms with E-state index < -0.39 is 15.9 Å². The molecule has 1 N–H and O–H groups in total. The predicted molar refractivity (Wildman–Crippen MR) is 63.1 cm³/mol. The molecule has 0 unspecified atom stereocenters. The van der Waals surface area contributed by atoms with Crippen molar-refractivity contribution in [3.63, 3.8) is 0 Å². The lowest BCUT2D eigenvalue weighted by atomic mass is 10.0. The lowest BCUT2D eigenvalue weighted by Gasteiger charge is -2.12. The van der Waals surface area contributed by atoms with Crippen LogP contribution < -0.4 is 5.32 Å². The summed E-state index contributed by atoms with van der Waals surface area (Å²) in [6.45, 7) is 1.33. The van der Waals surface area contributed by atoms with E-state index in [2.05, 4.69) is 5.32 Å². The van der Waals surface area contributed by atoms with E-state index in [1.54, 1.807) is 0 Å². The maximum atomic E-state index is 11.8. The minimum Gasteiger partial charge on any atom is -0.314 e. The molecule has 1 saturated heterocycles. The lowest BCUT2D eigenvalue weighted by molar-refractivity contribution is -0.120. The molecule has 2 aliphatic rings. The first kappa shape index (κ1) is 13.0. The molecule has 0 spiro atoms. The van der Waals surface area contributed by atoms with Crippen LogP contribution in [0.15, 0.2) is 0 Å². The Morgan fingerprint density at radius 1 is 1.24 bits per heavy atom. The van der Waals surface area contributed by atoms with Crippen LogP contribution in [0.2, 0.25) is 0 Å². The molecule has 1 heterocycles. The molecule has 0 aromatic rings. The van der Waals surface area contributed by atoms with Gasteiger partial charge in [0.05, 0.1) is 6.10 Å². The molecule has 2 fully saturated rings. The Morgan fingerprint density at radius 2 is 1.94 bits per heavy atom. The smallest absolute Gasteiger partial charge is 0.274 e. The number of nitrogens with one attached hydrogen (secondary N) is 1. The van der Waals surface area contributed by atoms with E-state index >= 15 is 0 Å². The van der Waals surface area contributed by atoms with Crippen molar-refractivity contribution in [2.75, 3.05) is 18.8 Å². The van der Waals surface area contributed by atoms with Crippen LogP contribution in [0.3, 0.4) is 0 Å². The van der Waals surface area contributed by atoms with Gasteiger partial charge in [-0.2, -0.15) is 8.42 Å². The van der Waals surface area contributed by atoms with Crippen LogP contribution in [-0.4, -0.2) is 39.1 Å². The van der Waals surface area contributed by atoms with E-state index in [1.807, 2.05) is 0 Å². The van der Waals surface area contributed by atoms with E-state index in [4.69, 9.17) is 4.18 Å². The summed E-state index contributed by atoms with van der Waals surface area (Å²) in [5.41, 5.74) is 0. The number of hydrogen-bond donors (Lipinski definition) is 1. The number of rotatable bonds is 5. The fourth-order valence-corrected chi connectivity index (χ4v) is 3.72. The molecule has 0 amide bonds. The van der Waals surface area contributed by atoms with Gasteiger partial charge in [-0.05, 0) is 25.8 Å². The van der Waals surface area contributed by atoms with Gasteiger partial charge in [-0.25, -0.2) is 0 Å². The molecule has 0 aromatic carbocycles. The Morgan fingerprint density at radius 3 is 2.53 bits per heavy atom. The Bertz CT molecular complexity index is 367. The zero-order valence-corrected chi connectivity index (χ0v) is 10.7. The van der Waals surface area contributed by atoms with Gasteiger partial charge in [0.25, 0.3) is 10.1 Å². The van der Waals surface area contributed by atoms with Crippen LogP contribution in [0, 0.1) is 5.92 Å². The van der Waals surface area contributed by atoms with E-state index in [-0.39, 0.29) is 17.8 Å². The highest BCUT2D eigenvalue weighted by atomic mass is 32.2. The fraction of sp³-hybridized carbons (Fsp3) is 0.909. The van der Waals surface area contributed by atoms with Crippen LogP contribution in [0.4, 0.5) is 0 Å². The molecule has 2 rings (SSSR count). The Labute approximate surface area is 102 Å². The van der Waals surface area contributed by atoms with Crippen molar-refractivity contribution in [1.82, 2.24) is 5.32 Å². The number of Topliss-reactive ketones (excluding diaryl/α,β-unsaturated/α-hetero) is 1. The molecule has 0 aromatic heterocycles. The largest absolute Gasteiger partial charge is 0.314 e. The summed E-state index contributed by atoms with van der Waals surface area (Å²) in [4.78, 5) is 11.8. The maximum Gasteiger partial charge on any atom is 0.274 e. The SMILES string of the molecule is O=C(CS(=O)(=O)O[C@@H]1CCNC1)C1CCCC1. The molecule has 0 bridgehead atoms. The predicted octanol–water partition coefficient (Wildman–Crippen LogP) is 0.454. The Kier molecular flexibility index (Phi) is 4.17. The highest BCUT2D eigenvalue weighted by Gasteiger charge is 2.29.